The summed E-state index contributed by atoms with van der Waals surface area (Å²) in [6.45, 7) is -1.03. The molecule has 1 unspecified atom stereocenters. The maximum absolute atomic E-state index is 14.3. The molecule has 202 valence electrons. The third kappa shape index (κ3) is 5.63. The molecule has 4 rings (SSSR count). The van der Waals surface area contributed by atoms with Crippen molar-refractivity contribution in [3.63, 3.8) is 0 Å². The molecule has 3 aromatic rings. The summed E-state index contributed by atoms with van der Waals surface area (Å²) in [6, 6.07) is 10.2. The van der Waals surface area contributed by atoms with E-state index in [1.807, 2.05) is 0 Å². The second-order valence-corrected chi connectivity index (χ2v) is 9.12. The molecule has 12 heteroatoms. The van der Waals surface area contributed by atoms with Crippen LogP contribution in [0.4, 0.5) is 17.6 Å². The largest absolute Gasteiger partial charge is 0.494 e. The lowest BCUT2D eigenvalue weighted by molar-refractivity contribution is -0.188. The number of ether oxygens (including phenoxy) is 3. The molecular weight excluding hydrogens is 530 g/mol. The van der Waals surface area contributed by atoms with Crippen LogP contribution < -0.4 is 25.3 Å². The maximum atomic E-state index is 14.3. The van der Waals surface area contributed by atoms with Crippen LogP contribution in [0, 0.1) is 5.82 Å². The molecule has 1 atom stereocenters. The second-order valence-electron chi connectivity index (χ2n) is 8.71. The first-order valence-electron chi connectivity index (χ1n) is 11.5. The highest BCUT2D eigenvalue weighted by molar-refractivity contribution is 6.31. The van der Waals surface area contributed by atoms with Crippen molar-refractivity contribution in [3.05, 3.63) is 70.6 Å². The molecule has 2 aromatic carbocycles. The lowest BCUT2D eigenvalue weighted by Gasteiger charge is -2.32. The number of rotatable bonds is 9. The Kier molecular flexibility index (Phi) is 7.70. The molecule has 38 heavy (non-hydrogen) atoms. The minimum absolute atomic E-state index is 0.0340. The van der Waals surface area contributed by atoms with E-state index in [2.05, 4.69) is 10.3 Å². The zero-order valence-corrected chi connectivity index (χ0v) is 21.1. The van der Waals surface area contributed by atoms with Crippen LogP contribution in [0.1, 0.15) is 28.9 Å². The number of carbonyl (C=O) groups is 1. The van der Waals surface area contributed by atoms with E-state index in [1.54, 1.807) is 0 Å². The minimum Gasteiger partial charge on any atom is -0.494 e. The van der Waals surface area contributed by atoms with E-state index in [4.69, 9.17) is 31.5 Å². The van der Waals surface area contributed by atoms with E-state index < -0.39 is 35.7 Å². The van der Waals surface area contributed by atoms with Crippen LogP contribution in [0.3, 0.4) is 0 Å². The molecule has 0 aliphatic heterocycles. The summed E-state index contributed by atoms with van der Waals surface area (Å²) in [4.78, 5) is 16.9. The molecule has 0 spiro atoms. The first-order valence-corrected chi connectivity index (χ1v) is 11.8. The molecule has 1 aliphatic carbocycles. The molecule has 1 heterocycles. The Morgan fingerprint density at radius 1 is 1.05 bits per heavy atom. The van der Waals surface area contributed by atoms with Crippen LogP contribution in [0.15, 0.2) is 48.5 Å². The van der Waals surface area contributed by atoms with Crippen LogP contribution in [0.5, 0.6) is 17.2 Å². The van der Waals surface area contributed by atoms with Gasteiger partial charge in [-0.15, -0.1) is 0 Å². The zero-order chi connectivity index (χ0) is 27.7. The first-order chi connectivity index (χ1) is 18.0. The topological polar surface area (TPSA) is 95.7 Å². The Hall–Kier alpha value is -3.57. The average molecular weight is 554 g/mol. The summed E-state index contributed by atoms with van der Waals surface area (Å²) < 4.78 is 72.8. The summed E-state index contributed by atoms with van der Waals surface area (Å²) in [5.41, 5.74) is 2.45. The third-order valence-electron chi connectivity index (χ3n) is 6.01. The van der Waals surface area contributed by atoms with Crippen molar-refractivity contribution in [2.24, 2.45) is 5.73 Å². The molecule has 3 N–H and O–H groups in total. The van der Waals surface area contributed by atoms with Crippen molar-refractivity contribution >= 4 is 17.5 Å². The highest BCUT2D eigenvalue weighted by Crippen LogP contribution is 2.39. The minimum atomic E-state index is -5.01. The fourth-order valence-corrected chi connectivity index (χ4v) is 3.82. The molecule has 1 saturated carbocycles. The van der Waals surface area contributed by atoms with Crippen LogP contribution in [0.2, 0.25) is 5.02 Å². The predicted octanol–water partition coefficient (Wildman–Crippen LogP) is 5.25. The number of amides is 1. The highest BCUT2D eigenvalue weighted by Gasteiger charge is 2.54. The van der Waals surface area contributed by atoms with Gasteiger partial charge in [0.05, 0.1) is 37.6 Å². The number of alkyl halides is 3. The molecule has 1 aromatic heterocycles. The van der Waals surface area contributed by atoms with Gasteiger partial charge in [0, 0.05) is 11.1 Å². The molecular formula is C26H24ClF4N3O4. The smallest absolute Gasteiger partial charge is 0.413 e. The van der Waals surface area contributed by atoms with Gasteiger partial charge in [-0.3, -0.25) is 4.79 Å². The van der Waals surface area contributed by atoms with E-state index in [0.29, 0.717) is 5.75 Å². The number of nitrogens with two attached hydrogens (primary N) is 1. The highest BCUT2D eigenvalue weighted by atomic mass is 35.5. The van der Waals surface area contributed by atoms with Crippen molar-refractivity contribution in [1.29, 1.82) is 0 Å². The lowest BCUT2D eigenvalue weighted by atomic mass is 9.93. The van der Waals surface area contributed by atoms with Crippen molar-refractivity contribution < 1.29 is 36.6 Å². The van der Waals surface area contributed by atoms with Gasteiger partial charge in [0.15, 0.2) is 17.0 Å². The quantitative estimate of drug-likeness (QED) is 0.352. The third-order valence-corrected chi connectivity index (χ3v) is 6.30. The Bertz CT molecular complexity index is 1350. The number of halogens is 5. The second kappa shape index (κ2) is 10.7. The summed E-state index contributed by atoms with van der Waals surface area (Å²) in [7, 11) is 2.70. The first kappa shape index (κ1) is 27.5. The molecule has 0 radical (unpaired) electrons. The van der Waals surface area contributed by atoms with Crippen LogP contribution >= 0.6 is 11.6 Å². The fraction of sp³-hybridized carbons (Fsp3) is 0.308. The molecule has 1 fully saturated rings. The van der Waals surface area contributed by atoms with Gasteiger partial charge in [-0.05, 0) is 61.4 Å². The Morgan fingerprint density at radius 3 is 2.34 bits per heavy atom. The van der Waals surface area contributed by atoms with Crippen LogP contribution in [-0.2, 0) is 5.54 Å². The lowest BCUT2D eigenvalue weighted by Crippen LogP contribution is -2.58. The molecule has 0 saturated heterocycles. The van der Waals surface area contributed by atoms with Crippen molar-refractivity contribution in [2.75, 3.05) is 20.8 Å². The predicted molar refractivity (Wildman–Crippen MR) is 132 cm³/mol. The molecule has 7 nitrogen and oxygen atoms in total. The summed E-state index contributed by atoms with van der Waals surface area (Å²) >= 11 is 5.85. The van der Waals surface area contributed by atoms with Crippen molar-refractivity contribution in [2.45, 2.75) is 30.7 Å². The van der Waals surface area contributed by atoms with Crippen molar-refractivity contribution in [3.8, 4) is 28.5 Å². The van der Waals surface area contributed by atoms with Gasteiger partial charge in [0.2, 0.25) is 0 Å². The number of hydrogen-bond acceptors (Lipinski definition) is 6. The van der Waals surface area contributed by atoms with Crippen LogP contribution in [-0.4, -0.2) is 43.9 Å². The van der Waals surface area contributed by atoms with Gasteiger partial charge in [-0.1, -0.05) is 11.6 Å². The number of nitrogens with one attached hydrogen (secondary N) is 1. The van der Waals surface area contributed by atoms with Gasteiger partial charge in [0.1, 0.15) is 17.3 Å². The average Bonchev–Trinajstić information content (AvgIpc) is 3.72. The Morgan fingerprint density at radius 2 is 1.74 bits per heavy atom. The standard InChI is InChI=1S/C26H24ClF4N3O4/c1-36-20-9-10-22(34-23(20)14-3-7-18(28)17(27)11-14)25(32,26(29,30)31)13-33-24(35)15-4-8-19(21(12-15)37-2)38-16-5-6-16/h3-4,7-12,16H,5-6,13,32H2,1-2H3,(H,33,35). The van der Waals surface area contributed by atoms with Crippen molar-refractivity contribution in [1.82, 2.24) is 10.3 Å². The van der Waals surface area contributed by atoms with Gasteiger partial charge in [-0.2, -0.15) is 13.2 Å². The normalized spacial score (nSPS) is 14.9. The number of hydrogen-bond donors (Lipinski definition) is 2. The van der Waals surface area contributed by atoms with E-state index in [9.17, 15) is 22.4 Å². The molecule has 1 amide bonds. The van der Waals surface area contributed by atoms with E-state index in [-0.39, 0.29) is 39.4 Å². The summed E-state index contributed by atoms with van der Waals surface area (Å²) in [5.74, 6) is -0.685. The number of benzene rings is 2. The number of pyridine rings is 1. The summed E-state index contributed by atoms with van der Waals surface area (Å²) in [6.07, 6.45) is -3.10. The Balaban J connectivity index is 1.63. The number of nitrogens with zero attached hydrogens (tertiary/aromatic N) is 1. The molecule has 0 bridgehead atoms. The van der Waals surface area contributed by atoms with Gasteiger partial charge < -0.3 is 25.3 Å². The fourth-order valence-electron chi connectivity index (χ4n) is 3.64. The number of carbonyl (C=O) groups excluding carboxylic acids is 1. The van der Waals surface area contributed by atoms with Gasteiger partial charge in [-0.25, -0.2) is 9.37 Å². The SMILES string of the molecule is COc1cc(C(=O)NCC(N)(c2ccc(OC)c(-c3ccc(F)c(Cl)c3)n2)C(F)(F)F)ccc1OC1CC1. The number of aromatic nitrogens is 1. The van der Waals surface area contributed by atoms with E-state index >= 15 is 0 Å². The Labute approximate surface area is 220 Å². The van der Waals surface area contributed by atoms with E-state index in [1.165, 1.54) is 50.6 Å². The van der Waals surface area contributed by atoms with Crippen LogP contribution in [0.25, 0.3) is 11.3 Å². The van der Waals surface area contributed by atoms with Gasteiger partial charge in [0.25, 0.3) is 5.91 Å². The number of methoxy groups -OCH3 is 2. The van der Waals surface area contributed by atoms with Gasteiger partial charge >= 0.3 is 6.18 Å². The monoisotopic (exact) mass is 553 g/mol. The van der Waals surface area contributed by atoms with E-state index in [0.717, 1.165) is 25.0 Å². The summed E-state index contributed by atoms with van der Waals surface area (Å²) in [5, 5.41) is 2.00. The molecule has 1 aliphatic rings. The zero-order valence-electron chi connectivity index (χ0n) is 20.4. The maximum Gasteiger partial charge on any atom is 0.413 e.